The molecule has 0 amide bonds. The maximum atomic E-state index is 6.12. The first kappa shape index (κ1) is 15.2. The molecule has 20 heavy (non-hydrogen) atoms. The van der Waals surface area contributed by atoms with Crippen LogP contribution in [-0.4, -0.2) is 26.2 Å². The van der Waals surface area contributed by atoms with Gasteiger partial charge >= 0.3 is 0 Å². The Morgan fingerprint density at radius 1 is 1.35 bits per heavy atom. The summed E-state index contributed by atoms with van der Waals surface area (Å²) in [6, 6.07) is 5.32. The summed E-state index contributed by atoms with van der Waals surface area (Å²) in [6.07, 6.45) is 0. The van der Waals surface area contributed by atoms with Crippen molar-refractivity contribution in [3.63, 3.8) is 0 Å². The Morgan fingerprint density at radius 3 is 2.75 bits per heavy atom. The molecule has 0 atom stereocenters. The Balaban J connectivity index is 2.16. The number of ether oxygens (including phenoxy) is 1. The van der Waals surface area contributed by atoms with Gasteiger partial charge in [0.15, 0.2) is 5.13 Å². The van der Waals surface area contributed by atoms with Gasteiger partial charge in [-0.05, 0) is 18.2 Å². The standard InChI is InChI=1S/C13H15Cl2N3OS/c1-18(2)13-17-12(19-3)11(20-13)7-16-10-6-8(14)4-5-9(10)15/h4-6,16H,7H2,1-3H3. The van der Waals surface area contributed by atoms with E-state index in [9.17, 15) is 0 Å². The van der Waals surface area contributed by atoms with Crippen molar-refractivity contribution >= 4 is 45.4 Å². The Bertz CT molecular complexity index is 601. The molecule has 0 spiro atoms. The first-order valence-corrected chi connectivity index (χ1v) is 7.48. The lowest BCUT2D eigenvalue weighted by atomic mass is 10.3. The number of benzene rings is 1. The predicted molar refractivity (Wildman–Crippen MR) is 86.8 cm³/mol. The molecule has 0 unspecified atom stereocenters. The van der Waals surface area contributed by atoms with Crippen LogP contribution in [-0.2, 0) is 6.54 Å². The van der Waals surface area contributed by atoms with Gasteiger partial charge < -0.3 is 15.0 Å². The number of rotatable bonds is 5. The summed E-state index contributed by atoms with van der Waals surface area (Å²) in [5, 5.41) is 5.42. The van der Waals surface area contributed by atoms with Crippen molar-refractivity contribution in [1.82, 2.24) is 4.98 Å². The fourth-order valence-electron chi connectivity index (χ4n) is 1.60. The molecule has 0 aliphatic rings. The number of thiazole rings is 1. The molecule has 1 N–H and O–H groups in total. The van der Waals surface area contributed by atoms with Crippen LogP contribution in [0.1, 0.15) is 4.88 Å². The molecule has 0 aliphatic heterocycles. The van der Waals surface area contributed by atoms with Crippen LogP contribution in [0.2, 0.25) is 10.0 Å². The van der Waals surface area contributed by atoms with E-state index < -0.39 is 0 Å². The summed E-state index contributed by atoms with van der Waals surface area (Å²) in [6.45, 7) is 0.578. The number of halogens is 2. The lowest BCUT2D eigenvalue weighted by Gasteiger charge is -2.08. The molecule has 1 aromatic carbocycles. The van der Waals surface area contributed by atoms with Crippen LogP contribution < -0.4 is 15.0 Å². The maximum Gasteiger partial charge on any atom is 0.231 e. The van der Waals surface area contributed by atoms with Crippen LogP contribution in [0.5, 0.6) is 5.88 Å². The topological polar surface area (TPSA) is 37.4 Å². The molecule has 4 nitrogen and oxygen atoms in total. The first-order valence-electron chi connectivity index (χ1n) is 5.91. The second-order valence-electron chi connectivity index (χ2n) is 4.30. The number of hydrogen-bond acceptors (Lipinski definition) is 5. The van der Waals surface area contributed by atoms with E-state index in [0.717, 1.165) is 15.7 Å². The Hall–Kier alpha value is -1.17. The maximum absolute atomic E-state index is 6.12. The molecule has 108 valence electrons. The van der Waals surface area contributed by atoms with Crippen LogP contribution in [0.25, 0.3) is 0 Å². The molecule has 0 bridgehead atoms. The van der Waals surface area contributed by atoms with Crippen molar-refractivity contribution in [2.45, 2.75) is 6.54 Å². The van der Waals surface area contributed by atoms with Crippen molar-refractivity contribution < 1.29 is 4.74 Å². The average molecular weight is 332 g/mol. The lowest BCUT2D eigenvalue weighted by Crippen LogP contribution is -2.07. The first-order chi connectivity index (χ1) is 9.51. The van der Waals surface area contributed by atoms with Crippen LogP contribution >= 0.6 is 34.5 Å². The largest absolute Gasteiger partial charge is 0.480 e. The summed E-state index contributed by atoms with van der Waals surface area (Å²) in [5.41, 5.74) is 0.793. The van der Waals surface area contributed by atoms with Gasteiger partial charge in [0.2, 0.25) is 5.88 Å². The summed E-state index contributed by atoms with van der Waals surface area (Å²) >= 11 is 13.7. The summed E-state index contributed by atoms with van der Waals surface area (Å²) in [5.74, 6) is 0.629. The van der Waals surface area contributed by atoms with Crippen LogP contribution in [0.15, 0.2) is 18.2 Å². The van der Waals surface area contributed by atoms with Gasteiger partial charge in [-0.2, -0.15) is 4.98 Å². The smallest absolute Gasteiger partial charge is 0.231 e. The van der Waals surface area contributed by atoms with Gasteiger partial charge in [-0.25, -0.2) is 0 Å². The molecular weight excluding hydrogens is 317 g/mol. The number of aromatic nitrogens is 1. The Morgan fingerprint density at radius 2 is 2.10 bits per heavy atom. The van der Waals surface area contributed by atoms with Crippen molar-refractivity contribution in [2.24, 2.45) is 0 Å². The molecule has 7 heteroatoms. The third-order valence-electron chi connectivity index (χ3n) is 2.59. The summed E-state index contributed by atoms with van der Waals surface area (Å²) < 4.78 is 5.29. The minimum atomic E-state index is 0.578. The minimum Gasteiger partial charge on any atom is -0.480 e. The molecule has 2 rings (SSSR count). The van der Waals surface area contributed by atoms with Gasteiger partial charge in [0.1, 0.15) is 0 Å². The van der Waals surface area contributed by atoms with E-state index in [-0.39, 0.29) is 0 Å². The average Bonchev–Trinajstić information content (AvgIpc) is 2.83. The van der Waals surface area contributed by atoms with E-state index >= 15 is 0 Å². The quantitative estimate of drug-likeness (QED) is 0.893. The zero-order valence-corrected chi connectivity index (χ0v) is 13.7. The normalized spacial score (nSPS) is 10.4. The molecule has 0 saturated heterocycles. The lowest BCUT2D eigenvalue weighted by molar-refractivity contribution is 0.397. The van der Waals surface area contributed by atoms with Crippen LogP contribution in [0, 0.1) is 0 Å². The minimum absolute atomic E-state index is 0.578. The van der Waals surface area contributed by atoms with Crippen molar-refractivity contribution in [3.8, 4) is 5.88 Å². The number of hydrogen-bond donors (Lipinski definition) is 1. The molecule has 0 fully saturated rings. The molecule has 1 heterocycles. The van der Waals surface area contributed by atoms with E-state index in [0.29, 0.717) is 22.5 Å². The molecule has 2 aromatic rings. The van der Waals surface area contributed by atoms with Crippen LogP contribution in [0.3, 0.4) is 0 Å². The zero-order valence-electron chi connectivity index (χ0n) is 11.4. The zero-order chi connectivity index (χ0) is 14.7. The highest BCUT2D eigenvalue weighted by molar-refractivity contribution is 7.15. The highest BCUT2D eigenvalue weighted by atomic mass is 35.5. The van der Waals surface area contributed by atoms with Crippen molar-refractivity contribution in [3.05, 3.63) is 33.1 Å². The van der Waals surface area contributed by atoms with E-state index in [1.807, 2.05) is 19.0 Å². The second kappa shape index (κ2) is 6.52. The second-order valence-corrected chi connectivity index (χ2v) is 6.21. The number of methoxy groups -OCH3 is 1. The Kier molecular flexibility index (Phi) is 4.96. The van der Waals surface area contributed by atoms with Gasteiger partial charge in [0.05, 0.1) is 29.2 Å². The van der Waals surface area contributed by atoms with E-state index in [1.165, 1.54) is 0 Å². The fourth-order valence-corrected chi connectivity index (χ4v) is 2.85. The highest BCUT2D eigenvalue weighted by Crippen LogP contribution is 2.32. The predicted octanol–water partition coefficient (Wildman–Crippen LogP) is 4.14. The molecular formula is C13H15Cl2N3OS. The number of nitrogens with one attached hydrogen (secondary N) is 1. The van der Waals surface area contributed by atoms with E-state index in [1.54, 1.807) is 36.6 Å². The molecule has 1 aromatic heterocycles. The fraction of sp³-hybridized carbons (Fsp3) is 0.308. The van der Waals surface area contributed by atoms with Gasteiger partial charge in [-0.15, -0.1) is 0 Å². The molecule has 0 saturated carbocycles. The van der Waals surface area contributed by atoms with Crippen LogP contribution in [0.4, 0.5) is 10.8 Å². The highest BCUT2D eigenvalue weighted by Gasteiger charge is 2.13. The van der Waals surface area contributed by atoms with Gasteiger partial charge in [-0.1, -0.05) is 34.5 Å². The van der Waals surface area contributed by atoms with Gasteiger partial charge in [0.25, 0.3) is 0 Å². The molecule has 0 radical (unpaired) electrons. The number of anilines is 2. The van der Waals surface area contributed by atoms with Crippen molar-refractivity contribution in [1.29, 1.82) is 0 Å². The van der Waals surface area contributed by atoms with Gasteiger partial charge in [0, 0.05) is 19.1 Å². The van der Waals surface area contributed by atoms with Crippen molar-refractivity contribution in [2.75, 3.05) is 31.4 Å². The van der Waals surface area contributed by atoms with E-state index in [4.69, 9.17) is 27.9 Å². The summed E-state index contributed by atoms with van der Waals surface area (Å²) in [4.78, 5) is 7.36. The third kappa shape index (κ3) is 3.48. The third-order valence-corrected chi connectivity index (χ3v) is 4.36. The van der Waals surface area contributed by atoms with E-state index in [2.05, 4.69) is 10.3 Å². The summed E-state index contributed by atoms with van der Waals surface area (Å²) in [7, 11) is 5.51. The molecule has 0 aliphatic carbocycles. The number of nitrogens with zero attached hydrogens (tertiary/aromatic N) is 2. The Labute approximate surface area is 132 Å². The monoisotopic (exact) mass is 331 g/mol. The van der Waals surface area contributed by atoms with Gasteiger partial charge in [-0.3, -0.25) is 0 Å². The SMILES string of the molecule is COc1nc(N(C)C)sc1CNc1cc(Cl)ccc1Cl.